The van der Waals surface area contributed by atoms with E-state index in [2.05, 4.69) is 32.3 Å². The van der Waals surface area contributed by atoms with Gasteiger partial charge in [0.2, 0.25) is 10.0 Å². The van der Waals surface area contributed by atoms with Crippen LogP contribution in [0.15, 0.2) is 85.1 Å². The van der Waals surface area contributed by atoms with Gasteiger partial charge in [0.25, 0.3) is 5.91 Å². The van der Waals surface area contributed by atoms with Gasteiger partial charge in [-0.25, -0.2) is 18.2 Å². The van der Waals surface area contributed by atoms with Crippen LogP contribution in [-0.4, -0.2) is 77.4 Å². The molecule has 5 aromatic rings. The fourth-order valence-electron chi connectivity index (χ4n) is 7.42. The van der Waals surface area contributed by atoms with Crippen LogP contribution in [0.3, 0.4) is 0 Å². The Hall–Kier alpha value is -6.06. The maximum absolute atomic E-state index is 13.4. The van der Waals surface area contributed by atoms with E-state index < -0.39 is 21.5 Å². The Balaban J connectivity index is 1.22. The van der Waals surface area contributed by atoms with Crippen LogP contribution in [0.25, 0.3) is 10.8 Å². The number of methoxy groups -OCH3 is 2. The first-order chi connectivity index (χ1) is 28.5. The number of piperidine rings is 1. The minimum Gasteiger partial charge on any atom is -0.496 e. The number of likely N-dealkylation sites (tertiary alicyclic amines) is 1. The van der Waals surface area contributed by atoms with Crippen molar-refractivity contribution in [3.8, 4) is 23.0 Å². The van der Waals surface area contributed by atoms with Crippen LogP contribution in [0.5, 0.6) is 23.0 Å². The van der Waals surface area contributed by atoms with Gasteiger partial charge in [0.05, 0.1) is 43.1 Å². The van der Waals surface area contributed by atoms with E-state index in [9.17, 15) is 18.0 Å². The Morgan fingerprint density at radius 3 is 2.32 bits per heavy atom. The topological polar surface area (TPSA) is 177 Å². The van der Waals surface area contributed by atoms with Gasteiger partial charge in [-0.3, -0.25) is 14.4 Å². The number of aromatic nitrogens is 1. The monoisotopic (exact) mass is 837 g/mol. The minimum absolute atomic E-state index is 0.123. The van der Waals surface area contributed by atoms with Crippen LogP contribution >= 0.6 is 0 Å². The first kappa shape index (κ1) is 43.5. The highest BCUT2D eigenvalue weighted by atomic mass is 32.2. The van der Waals surface area contributed by atoms with Crippen molar-refractivity contribution in [2.45, 2.75) is 51.9 Å². The number of hydrogen-bond donors (Lipinski definition) is 4. The van der Waals surface area contributed by atoms with Crippen molar-refractivity contribution in [3.63, 3.8) is 0 Å². The van der Waals surface area contributed by atoms with Crippen molar-refractivity contribution in [1.29, 1.82) is 0 Å². The number of carbonyl (C=O) groups excluding carboxylic acids is 2. The van der Waals surface area contributed by atoms with Crippen molar-refractivity contribution in [2.75, 3.05) is 62.1 Å². The number of nitrogens with two attached hydrogens (primary N) is 1. The summed E-state index contributed by atoms with van der Waals surface area (Å²) >= 11 is 0. The van der Waals surface area contributed by atoms with Crippen LogP contribution in [-0.2, 0) is 15.4 Å². The third-order valence-corrected chi connectivity index (χ3v) is 11.2. The van der Waals surface area contributed by atoms with E-state index in [1.54, 1.807) is 60.8 Å². The highest BCUT2D eigenvalue weighted by Crippen LogP contribution is 2.46. The molecule has 2 heterocycles. The third-order valence-electron chi connectivity index (χ3n) is 10.6. The highest BCUT2D eigenvalue weighted by Gasteiger charge is 2.28. The van der Waals surface area contributed by atoms with Gasteiger partial charge in [-0.05, 0) is 105 Å². The zero-order chi connectivity index (χ0) is 43.2. The molecule has 0 unspecified atom stereocenters. The second-order valence-corrected chi connectivity index (χ2v) is 17.9. The average molecular weight is 838 g/mol. The van der Waals surface area contributed by atoms with E-state index in [1.807, 2.05) is 45.0 Å². The Labute approximate surface area is 352 Å². The van der Waals surface area contributed by atoms with E-state index in [4.69, 9.17) is 19.9 Å². The van der Waals surface area contributed by atoms with E-state index >= 15 is 0 Å². The van der Waals surface area contributed by atoms with Crippen molar-refractivity contribution >= 4 is 61.3 Å². The van der Waals surface area contributed by atoms with Crippen LogP contribution < -0.4 is 40.2 Å². The van der Waals surface area contributed by atoms with Gasteiger partial charge >= 0.3 is 6.03 Å². The number of rotatable bonds is 15. The predicted molar refractivity (Wildman–Crippen MR) is 238 cm³/mol. The molecule has 1 aliphatic heterocycles. The number of nitrogens with zero attached hydrogens (tertiary/aromatic N) is 3. The summed E-state index contributed by atoms with van der Waals surface area (Å²) < 4.78 is 45.2. The summed E-state index contributed by atoms with van der Waals surface area (Å²) in [5.41, 5.74) is 8.38. The SMILES string of the molecule is COc1cc(Nc2cc(Oc3ccc(N(C(N)=O)c4cc(C(C)(C)C)cc(NS(C)(=O)=O)c4OC)c4ccccc34)ccn2)ccc1C(=O)NCCCC1CCN(C)CC1. The fraction of sp³-hybridized carbons (Fsp3) is 0.356. The number of primary amides is 1. The molecule has 5 N–H and O–H groups in total. The molecule has 6 rings (SSSR count). The van der Waals surface area contributed by atoms with Crippen LogP contribution in [0.4, 0.5) is 33.4 Å². The van der Waals surface area contributed by atoms with Crippen molar-refractivity contribution < 1.29 is 32.2 Å². The number of ether oxygens (including phenoxy) is 3. The maximum atomic E-state index is 13.4. The quantitative estimate of drug-likeness (QED) is 0.0748. The molecule has 60 heavy (non-hydrogen) atoms. The molecule has 0 spiro atoms. The van der Waals surface area contributed by atoms with E-state index in [0.717, 1.165) is 37.8 Å². The normalized spacial score (nSPS) is 13.7. The summed E-state index contributed by atoms with van der Waals surface area (Å²) in [4.78, 5) is 34.7. The first-order valence-electron chi connectivity index (χ1n) is 19.9. The van der Waals surface area contributed by atoms with Gasteiger partial charge in [-0.15, -0.1) is 0 Å². The van der Waals surface area contributed by atoms with Gasteiger partial charge in [-0.2, -0.15) is 0 Å². The average Bonchev–Trinajstić information content (AvgIpc) is 3.20. The smallest absolute Gasteiger partial charge is 0.324 e. The lowest BCUT2D eigenvalue weighted by Crippen LogP contribution is -2.32. The lowest BCUT2D eigenvalue weighted by atomic mass is 9.86. The Morgan fingerprint density at radius 1 is 0.917 bits per heavy atom. The van der Waals surface area contributed by atoms with E-state index in [0.29, 0.717) is 63.2 Å². The third kappa shape index (κ3) is 10.6. The second-order valence-electron chi connectivity index (χ2n) is 16.2. The van der Waals surface area contributed by atoms with E-state index in [-0.39, 0.29) is 23.0 Å². The summed E-state index contributed by atoms with van der Waals surface area (Å²) in [6, 6.07) is 22.3. The molecule has 1 saturated heterocycles. The Kier molecular flexibility index (Phi) is 13.4. The second kappa shape index (κ2) is 18.5. The number of sulfonamides is 1. The summed E-state index contributed by atoms with van der Waals surface area (Å²) in [5.74, 6) is 2.56. The zero-order valence-electron chi connectivity index (χ0n) is 35.3. The van der Waals surface area contributed by atoms with E-state index in [1.165, 1.54) is 32.0 Å². The number of urea groups is 1. The number of nitrogens with one attached hydrogen (secondary N) is 3. The molecule has 318 valence electrons. The lowest BCUT2D eigenvalue weighted by Gasteiger charge is -2.29. The van der Waals surface area contributed by atoms with Gasteiger partial charge in [0.1, 0.15) is 23.1 Å². The fourth-order valence-corrected chi connectivity index (χ4v) is 7.97. The molecule has 3 amide bonds. The number of fused-ring (bicyclic) bond motifs is 1. The molecule has 4 aromatic carbocycles. The maximum Gasteiger partial charge on any atom is 0.324 e. The molecular formula is C45H55N7O7S. The summed E-state index contributed by atoms with van der Waals surface area (Å²) in [6.07, 6.45) is 7.12. The molecule has 0 radical (unpaired) electrons. The number of amides is 3. The lowest BCUT2D eigenvalue weighted by molar-refractivity contribution is 0.0948. The number of benzene rings is 4. The minimum atomic E-state index is -3.72. The van der Waals surface area contributed by atoms with Gasteiger partial charge < -0.3 is 35.5 Å². The largest absolute Gasteiger partial charge is 0.496 e. The predicted octanol–water partition coefficient (Wildman–Crippen LogP) is 8.53. The molecule has 14 nitrogen and oxygen atoms in total. The van der Waals surface area contributed by atoms with Crippen LogP contribution in [0, 0.1) is 5.92 Å². The first-order valence-corrected chi connectivity index (χ1v) is 21.8. The molecule has 1 aromatic heterocycles. The van der Waals surface area contributed by atoms with Crippen molar-refractivity contribution in [2.24, 2.45) is 11.7 Å². The Bertz CT molecular complexity index is 2460. The Morgan fingerprint density at radius 2 is 1.65 bits per heavy atom. The van der Waals surface area contributed by atoms with Gasteiger partial charge in [-0.1, -0.05) is 45.0 Å². The number of pyridine rings is 1. The van der Waals surface area contributed by atoms with Crippen molar-refractivity contribution in [3.05, 3.63) is 96.2 Å². The van der Waals surface area contributed by atoms with Gasteiger partial charge in [0, 0.05) is 41.3 Å². The highest BCUT2D eigenvalue weighted by molar-refractivity contribution is 7.92. The number of anilines is 5. The summed E-state index contributed by atoms with van der Waals surface area (Å²) in [7, 11) is 1.38. The van der Waals surface area contributed by atoms with Crippen LogP contribution in [0.1, 0.15) is 62.4 Å². The summed E-state index contributed by atoms with van der Waals surface area (Å²) in [5, 5.41) is 7.64. The molecule has 1 fully saturated rings. The van der Waals surface area contributed by atoms with Gasteiger partial charge in [0.15, 0.2) is 5.75 Å². The zero-order valence-corrected chi connectivity index (χ0v) is 36.1. The van der Waals surface area contributed by atoms with Crippen molar-refractivity contribution in [1.82, 2.24) is 15.2 Å². The summed E-state index contributed by atoms with van der Waals surface area (Å²) in [6.45, 7) is 8.81. The molecular weight excluding hydrogens is 783 g/mol. The standard InChI is InChI=1S/C45H55N7O7S/c1-45(2,3)30-25-36(50-60(7,55)56)42(58-6)38(26-30)52(44(46)54)37-16-17-39(34-13-9-8-12-33(34)37)59-32-18-22-47-41(28-32)49-31-14-15-35(40(27-31)57-5)43(53)48-21-10-11-29-19-23-51(4)24-20-29/h8-9,12-18,22,25-29,50H,10-11,19-21,23-24H2,1-7H3,(H2,46,54)(H,47,49)(H,48,53). The molecule has 15 heteroatoms. The molecule has 0 saturated carbocycles. The molecule has 0 bridgehead atoms. The molecule has 0 aliphatic carbocycles. The molecule has 0 atom stereocenters. The number of carbonyl (C=O) groups is 2. The van der Waals surface area contributed by atoms with Crippen LogP contribution in [0.2, 0.25) is 0 Å². The molecule has 1 aliphatic rings. The number of hydrogen-bond acceptors (Lipinski definition) is 10.